The molecule has 2 aromatic carbocycles. The average Bonchev–Trinajstić information content (AvgIpc) is 2.98. The predicted molar refractivity (Wildman–Crippen MR) is 82.0 cm³/mol. The van der Waals surface area contributed by atoms with E-state index in [1.807, 2.05) is 61.5 Å². The van der Waals surface area contributed by atoms with Gasteiger partial charge in [0.2, 0.25) is 0 Å². The summed E-state index contributed by atoms with van der Waals surface area (Å²) in [5.41, 5.74) is 2.59. The zero-order valence-corrected chi connectivity index (χ0v) is 12.1. The second-order valence-electron chi connectivity index (χ2n) is 4.90. The number of carbonyl (C=O) groups excluding carboxylic acids is 1. The predicted octanol–water partition coefficient (Wildman–Crippen LogP) is 2.88. The van der Waals surface area contributed by atoms with Gasteiger partial charge in [0.05, 0.1) is 5.52 Å². The van der Waals surface area contributed by atoms with Gasteiger partial charge in [-0.05, 0) is 24.6 Å². The van der Waals surface area contributed by atoms with Crippen LogP contribution in [0.3, 0.4) is 0 Å². The summed E-state index contributed by atoms with van der Waals surface area (Å²) in [6.45, 7) is 2.06. The highest BCUT2D eigenvalue weighted by atomic mass is 16.5. The highest BCUT2D eigenvalue weighted by Crippen LogP contribution is 2.13. The quantitative estimate of drug-likeness (QED) is 0.803. The molecular formula is C16H16N4O2. The van der Waals surface area contributed by atoms with Crippen LogP contribution in [0.1, 0.15) is 18.7 Å². The average molecular weight is 296 g/mol. The van der Waals surface area contributed by atoms with E-state index in [1.54, 1.807) is 4.68 Å². The van der Waals surface area contributed by atoms with Crippen LogP contribution in [0, 0.1) is 0 Å². The molecule has 0 saturated heterocycles. The molecule has 1 heterocycles. The largest absolute Gasteiger partial charge is 0.445 e. The summed E-state index contributed by atoms with van der Waals surface area (Å²) in [5.74, 6) is 0. The lowest BCUT2D eigenvalue weighted by atomic mass is 10.2. The maximum Gasteiger partial charge on any atom is 0.409 e. The maximum absolute atomic E-state index is 11.9. The van der Waals surface area contributed by atoms with Gasteiger partial charge in [0.1, 0.15) is 18.3 Å². The minimum Gasteiger partial charge on any atom is -0.445 e. The summed E-state index contributed by atoms with van der Waals surface area (Å²) in [7, 11) is 0. The summed E-state index contributed by atoms with van der Waals surface area (Å²) >= 11 is 0. The van der Waals surface area contributed by atoms with Crippen molar-refractivity contribution in [2.24, 2.45) is 0 Å². The number of nitrogens with one attached hydrogen (secondary N) is 1. The van der Waals surface area contributed by atoms with Gasteiger partial charge in [0.25, 0.3) is 0 Å². The van der Waals surface area contributed by atoms with Crippen LogP contribution in [0.2, 0.25) is 0 Å². The molecule has 112 valence electrons. The number of rotatable bonds is 4. The fraction of sp³-hybridized carbons (Fsp3) is 0.188. The first kappa shape index (κ1) is 14.1. The number of hydrogen-bond acceptors (Lipinski definition) is 4. The second kappa shape index (κ2) is 6.26. The number of benzene rings is 2. The summed E-state index contributed by atoms with van der Waals surface area (Å²) < 4.78 is 6.85. The fourth-order valence-corrected chi connectivity index (χ4v) is 2.17. The molecule has 1 unspecified atom stereocenters. The number of alkyl carbamates (subject to hydrolysis) is 1. The van der Waals surface area contributed by atoms with Crippen molar-refractivity contribution in [3.8, 4) is 0 Å². The van der Waals surface area contributed by atoms with Gasteiger partial charge in [0, 0.05) is 0 Å². The summed E-state index contributed by atoms with van der Waals surface area (Å²) in [5, 5.41) is 10.9. The van der Waals surface area contributed by atoms with Gasteiger partial charge >= 0.3 is 6.09 Å². The molecule has 0 bridgehead atoms. The summed E-state index contributed by atoms with van der Waals surface area (Å²) in [6.07, 6.45) is -0.841. The molecule has 1 N–H and O–H groups in total. The van der Waals surface area contributed by atoms with Crippen molar-refractivity contribution in [1.29, 1.82) is 0 Å². The molecule has 3 aromatic rings. The Morgan fingerprint density at radius 1 is 1.18 bits per heavy atom. The van der Waals surface area contributed by atoms with Crippen LogP contribution in [0.5, 0.6) is 0 Å². The van der Waals surface area contributed by atoms with E-state index in [2.05, 4.69) is 15.6 Å². The first-order valence-electron chi connectivity index (χ1n) is 7.01. The number of ether oxygens (including phenoxy) is 1. The van der Waals surface area contributed by atoms with Crippen LogP contribution in [0.15, 0.2) is 54.6 Å². The van der Waals surface area contributed by atoms with E-state index in [1.165, 1.54) is 0 Å². The standard InChI is InChI=1S/C16H16N4O2/c1-12(20-15-10-6-5-9-14(15)18-19-20)17-16(21)22-11-13-7-3-2-4-8-13/h2-10,12H,11H2,1H3,(H,17,21). The van der Waals surface area contributed by atoms with Crippen LogP contribution in [0.25, 0.3) is 11.0 Å². The van der Waals surface area contributed by atoms with Gasteiger partial charge in [-0.2, -0.15) is 0 Å². The Balaban J connectivity index is 1.61. The summed E-state index contributed by atoms with van der Waals surface area (Å²) in [4.78, 5) is 11.9. The number of amides is 1. The van der Waals surface area contributed by atoms with Gasteiger partial charge in [-0.25, -0.2) is 9.48 Å². The molecule has 6 nitrogen and oxygen atoms in total. The molecule has 0 aliphatic heterocycles. The topological polar surface area (TPSA) is 69.0 Å². The third kappa shape index (κ3) is 3.06. The van der Waals surface area contributed by atoms with Crippen molar-refractivity contribution in [1.82, 2.24) is 20.3 Å². The Kier molecular flexibility index (Phi) is 4.00. The van der Waals surface area contributed by atoms with Crippen molar-refractivity contribution in [2.45, 2.75) is 19.7 Å². The SMILES string of the molecule is CC(NC(=O)OCc1ccccc1)n1nnc2ccccc21. The van der Waals surface area contributed by atoms with Crippen molar-refractivity contribution in [3.63, 3.8) is 0 Å². The van der Waals surface area contributed by atoms with Crippen LogP contribution >= 0.6 is 0 Å². The first-order valence-corrected chi connectivity index (χ1v) is 7.01. The monoisotopic (exact) mass is 296 g/mol. The maximum atomic E-state index is 11.9. The molecule has 0 aliphatic rings. The van der Waals surface area contributed by atoms with E-state index in [9.17, 15) is 4.79 Å². The zero-order valence-electron chi connectivity index (χ0n) is 12.1. The normalized spacial score (nSPS) is 12.0. The zero-order chi connectivity index (χ0) is 15.4. The smallest absolute Gasteiger partial charge is 0.409 e. The Hall–Kier alpha value is -2.89. The minimum absolute atomic E-state index is 0.234. The highest BCUT2D eigenvalue weighted by Gasteiger charge is 2.14. The van der Waals surface area contributed by atoms with Crippen molar-refractivity contribution in [2.75, 3.05) is 0 Å². The van der Waals surface area contributed by atoms with E-state index in [0.717, 1.165) is 16.6 Å². The number of fused-ring (bicyclic) bond motifs is 1. The lowest BCUT2D eigenvalue weighted by Crippen LogP contribution is -2.31. The Morgan fingerprint density at radius 2 is 1.91 bits per heavy atom. The number of carbonyl (C=O) groups is 1. The Labute approximate surface area is 127 Å². The van der Waals surface area contributed by atoms with E-state index >= 15 is 0 Å². The lowest BCUT2D eigenvalue weighted by Gasteiger charge is -2.14. The summed E-state index contributed by atoms with van der Waals surface area (Å²) in [6, 6.07) is 17.1. The van der Waals surface area contributed by atoms with Gasteiger partial charge < -0.3 is 4.74 Å². The van der Waals surface area contributed by atoms with Gasteiger partial charge in [-0.1, -0.05) is 47.7 Å². The molecule has 6 heteroatoms. The van der Waals surface area contributed by atoms with Crippen LogP contribution in [-0.4, -0.2) is 21.1 Å². The van der Waals surface area contributed by atoms with E-state index in [4.69, 9.17) is 4.74 Å². The van der Waals surface area contributed by atoms with E-state index in [-0.39, 0.29) is 12.8 Å². The number of aromatic nitrogens is 3. The molecule has 0 aliphatic carbocycles. The molecular weight excluding hydrogens is 280 g/mol. The van der Waals surface area contributed by atoms with Gasteiger partial charge in [0.15, 0.2) is 0 Å². The number of para-hydroxylation sites is 1. The third-order valence-corrected chi connectivity index (χ3v) is 3.28. The minimum atomic E-state index is -0.490. The van der Waals surface area contributed by atoms with Crippen LogP contribution in [0.4, 0.5) is 4.79 Å². The van der Waals surface area contributed by atoms with Crippen LogP contribution in [-0.2, 0) is 11.3 Å². The highest BCUT2D eigenvalue weighted by molar-refractivity contribution is 5.74. The third-order valence-electron chi connectivity index (χ3n) is 3.28. The molecule has 3 rings (SSSR count). The molecule has 22 heavy (non-hydrogen) atoms. The number of nitrogens with zero attached hydrogens (tertiary/aromatic N) is 3. The molecule has 0 saturated carbocycles. The molecule has 0 radical (unpaired) electrons. The molecule has 0 spiro atoms. The molecule has 1 amide bonds. The van der Waals surface area contributed by atoms with Crippen molar-refractivity contribution >= 4 is 17.1 Å². The van der Waals surface area contributed by atoms with E-state index < -0.39 is 6.09 Å². The van der Waals surface area contributed by atoms with Crippen LogP contribution < -0.4 is 5.32 Å². The molecule has 1 aromatic heterocycles. The Bertz CT molecular complexity index is 770. The second-order valence-corrected chi connectivity index (χ2v) is 4.90. The fourth-order valence-electron chi connectivity index (χ4n) is 2.17. The first-order chi connectivity index (χ1) is 10.7. The molecule has 0 fully saturated rings. The van der Waals surface area contributed by atoms with Gasteiger partial charge in [-0.15, -0.1) is 5.10 Å². The van der Waals surface area contributed by atoms with E-state index in [0.29, 0.717) is 0 Å². The lowest BCUT2D eigenvalue weighted by molar-refractivity contribution is 0.132. The van der Waals surface area contributed by atoms with Crippen molar-refractivity contribution < 1.29 is 9.53 Å². The molecule has 1 atom stereocenters. The Morgan fingerprint density at radius 3 is 2.73 bits per heavy atom. The van der Waals surface area contributed by atoms with Crippen molar-refractivity contribution in [3.05, 3.63) is 60.2 Å². The van der Waals surface area contributed by atoms with Gasteiger partial charge in [-0.3, -0.25) is 5.32 Å². The number of hydrogen-bond donors (Lipinski definition) is 1.